The van der Waals surface area contributed by atoms with E-state index in [1.54, 1.807) is 0 Å². The van der Waals surface area contributed by atoms with Crippen LogP contribution in [0.3, 0.4) is 0 Å². The van der Waals surface area contributed by atoms with Crippen LogP contribution in [0.25, 0.3) is 0 Å². The van der Waals surface area contributed by atoms with Gasteiger partial charge in [0.1, 0.15) is 0 Å². The molecule has 1 aliphatic rings. The molecule has 1 aliphatic carbocycles. The molecule has 0 aromatic rings. The van der Waals surface area contributed by atoms with Crippen molar-refractivity contribution < 1.29 is 5.11 Å². The lowest BCUT2D eigenvalue weighted by Crippen LogP contribution is -2.30. The van der Waals surface area contributed by atoms with Crippen molar-refractivity contribution in [2.75, 3.05) is 0 Å². The summed E-state index contributed by atoms with van der Waals surface area (Å²) in [5, 5.41) is 10.7. The standard InChI is InChI=1S/C16H32O/c1-4-7-14(3)13-16(17)11-6-9-15(8-5-2)10-12-16/h14-15,17H,4-13H2,1-3H3. The second kappa shape index (κ2) is 7.41. The summed E-state index contributed by atoms with van der Waals surface area (Å²) in [6.07, 6.45) is 12.1. The van der Waals surface area contributed by atoms with Gasteiger partial charge in [0.2, 0.25) is 0 Å². The maximum atomic E-state index is 10.7. The molecule has 1 saturated carbocycles. The van der Waals surface area contributed by atoms with Crippen molar-refractivity contribution in [3.8, 4) is 0 Å². The Labute approximate surface area is 108 Å². The number of hydrogen-bond donors (Lipinski definition) is 1. The van der Waals surface area contributed by atoms with E-state index in [9.17, 15) is 5.11 Å². The molecule has 1 N–H and O–H groups in total. The van der Waals surface area contributed by atoms with E-state index < -0.39 is 0 Å². The molecule has 0 spiro atoms. The van der Waals surface area contributed by atoms with E-state index in [1.807, 2.05) is 0 Å². The van der Waals surface area contributed by atoms with E-state index in [0.717, 1.165) is 25.2 Å². The van der Waals surface area contributed by atoms with Crippen molar-refractivity contribution in [3.63, 3.8) is 0 Å². The van der Waals surface area contributed by atoms with Crippen LogP contribution in [0, 0.1) is 11.8 Å². The van der Waals surface area contributed by atoms with Gasteiger partial charge in [0.05, 0.1) is 5.60 Å². The average molecular weight is 240 g/mol. The molecule has 102 valence electrons. The zero-order valence-corrected chi connectivity index (χ0v) is 12.2. The van der Waals surface area contributed by atoms with Crippen molar-refractivity contribution in [3.05, 3.63) is 0 Å². The zero-order valence-electron chi connectivity index (χ0n) is 12.2. The first-order valence-corrected chi connectivity index (χ1v) is 7.82. The van der Waals surface area contributed by atoms with Crippen LogP contribution in [0.5, 0.6) is 0 Å². The highest BCUT2D eigenvalue weighted by Crippen LogP contribution is 2.36. The highest BCUT2D eigenvalue weighted by Gasteiger charge is 2.31. The lowest BCUT2D eigenvalue weighted by atomic mass is 9.83. The third kappa shape index (κ3) is 5.42. The normalized spacial score (nSPS) is 32.1. The Morgan fingerprint density at radius 2 is 1.94 bits per heavy atom. The minimum Gasteiger partial charge on any atom is -0.390 e. The van der Waals surface area contributed by atoms with Crippen molar-refractivity contribution >= 4 is 0 Å². The molecule has 17 heavy (non-hydrogen) atoms. The van der Waals surface area contributed by atoms with Gasteiger partial charge >= 0.3 is 0 Å². The molecule has 1 heteroatoms. The summed E-state index contributed by atoms with van der Waals surface area (Å²) in [7, 11) is 0. The summed E-state index contributed by atoms with van der Waals surface area (Å²) in [4.78, 5) is 0. The highest BCUT2D eigenvalue weighted by atomic mass is 16.3. The van der Waals surface area contributed by atoms with Gasteiger partial charge in [-0.3, -0.25) is 0 Å². The van der Waals surface area contributed by atoms with Gasteiger partial charge in [0.15, 0.2) is 0 Å². The first-order chi connectivity index (χ1) is 8.09. The van der Waals surface area contributed by atoms with E-state index in [0.29, 0.717) is 5.92 Å². The maximum Gasteiger partial charge on any atom is 0.0650 e. The molecule has 1 nitrogen and oxygen atoms in total. The van der Waals surface area contributed by atoms with Crippen LogP contribution in [0.4, 0.5) is 0 Å². The van der Waals surface area contributed by atoms with E-state index in [4.69, 9.17) is 0 Å². The Kier molecular flexibility index (Phi) is 6.54. The molecule has 1 rings (SSSR count). The van der Waals surface area contributed by atoms with Crippen LogP contribution < -0.4 is 0 Å². The Balaban J connectivity index is 2.41. The van der Waals surface area contributed by atoms with Crippen molar-refractivity contribution in [2.24, 2.45) is 11.8 Å². The van der Waals surface area contributed by atoms with E-state index in [2.05, 4.69) is 20.8 Å². The summed E-state index contributed by atoms with van der Waals surface area (Å²) in [6.45, 7) is 6.82. The molecule has 3 atom stereocenters. The molecule has 0 radical (unpaired) electrons. The summed E-state index contributed by atoms with van der Waals surface area (Å²) in [5.41, 5.74) is -0.336. The summed E-state index contributed by atoms with van der Waals surface area (Å²) < 4.78 is 0. The first kappa shape index (κ1) is 15.0. The fourth-order valence-electron chi connectivity index (χ4n) is 3.61. The second-order valence-corrected chi connectivity index (χ2v) is 6.41. The predicted molar refractivity (Wildman–Crippen MR) is 75.1 cm³/mol. The highest BCUT2D eigenvalue weighted by molar-refractivity contribution is 4.84. The Morgan fingerprint density at radius 3 is 2.59 bits per heavy atom. The second-order valence-electron chi connectivity index (χ2n) is 6.41. The van der Waals surface area contributed by atoms with Gasteiger partial charge in [0.25, 0.3) is 0 Å². The van der Waals surface area contributed by atoms with Crippen LogP contribution >= 0.6 is 0 Å². The van der Waals surface area contributed by atoms with Crippen LogP contribution in [0.1, 0.15) is 85.0 Å². The summed E-state index contributed by atoms with van der Waals surface area (Å²) in [5.74, 6) is 1.57. The quantitative estimate of drug-likeness (QED) is 0.653. The van der Waals surface area contributed by atoms with Crippen molar-refractivity contribution in [1.82, 2.24) is 0 Å². The summed E-state index contributed by atoms with van der Waals surface area (Å²) in [6, 6.07) is 0. The number of hydrogen-bond acceptors (Lipinski definition) is 1. The largest absolute Gasteiger partial charge is 0.390 e. The zero-order chi connectivity index (χ0) is 12.7. The lowest BCUT2D eigenvalue weighted by molar-refractivity contribution is 0.00121. The van der Waals surface area contributed by atoms with E-state index in [1.165, 1.54) is 44.9 Å². The number of rotatable bonds is 6. The lowest BCUT2D eigenvalue weighted by Gasteiger charge is -2.30. The predicted octanol–water partition coefficient (Wildman–Crippen LogP) is 4.92. The van der Waals surface area contributed by atoms with Crippen molar-refractivity contribution in [2.45, 2.75) is 90.6 Å². The first-order valence-electron chi connectivity index (χ1n) is 7.82. The minimum atomic E-state index is -0.336. The van der Waals surface area contributed by atoms with Gasteiger partial charge in [-0.25, -0.2) is 0 Å². The Morgan fingerprint density at radius 1 is 1.18 bits per heavy atom. The number of aliphatic hydroxyl groups is 1. The van der Waals surface area contributed by atoms with Crippen LogP contribution in [0.2, 0.25) is 0 Å². The van der Waals surface area contributed by atoms with Crippen LogP contribution in [0.15, 0.2) is 0 Å². The third-order valence-corrected chi connectivity index (χ3v) is 4.48. The molecule has 1 fully saturated rings. The molecule has 3 unspecified atom stereocenters. The van der Waals surface area contributed by atoms with Gasteiger partial charge < -0.3 is 5.11 Å². The molecule has 0 heterocycles. The molecule has 0 amide bonds. The molecule has 0 bridgehead atoms. The Bertz CT molecular complexity index is 202. The molecule has 0 aliphatic heterocycles. The Hall–Kier alpha value is -0.0400. The monoisotopic (exact) mass is 240 g/mol. The van der Waals surface area contributed by atoms with E-state index in [-0.39, 0.29) is 5.60 Å². The molecule has 0 aromatic heterocycles. The fourth-order valence-corrected chi connectivity index (χ4v) is 3.61. The average Bonchev–Trinajstić information content (AvgIpc) is 2.42. The van der Waals surface area contributed by atoms with Crippen LogP contribution in [-0.4, -0.2) is 10.7 Å². The molecule has 0 saturated heterocycles. The van der Waals surface area contributed by atoms with Gasteiger partial charge in [-0.2, -0.15) is 0 Å². The molecular weight excluding hydrogens is 208 g/mol. The van der Waals surface area contributed by atoms with Gasteiger partial charge in [-0.05, 0) is 37.5 Å². The molecule has 0 aromatic carbocycles. The fraction of sp³-hybridized carbons (Fsp3) is 1.00. The van der Waals surface area contributed by atoms with Gasteiger partial charge in [-0.15, -0.1) is 0 Å². The summed E-state index contributed by atoms with van der Waals surface area (Å²) >= 11 is 0. The van der Waals surface area contributed by atoms with Crippen LogP contribution in [-0.2, 0) is 0 Å². The smallest absolute Gasteiger partial charge is 0.0650 e. The maximum absolute atomic E-state index is 10.7. The van der Waals surface area contributed by atoms with E-state index >= 15 is 0 Å². The third-order valence-electron chi connectivity index (χ3n) is 4.48. The van der Waals surface area contributed by atoms with Gasteiger partial charge in [0, 0.05) is 0 Å². The molecular formula is C16H32O. The minimum absolute atomic E-state index is 0.336. The topological polar surface area (TPSA) is 20.2 Å². The van der Waals surface area contributed by atoms with Crippen molar-refractivity contribution in [1.29, 1.82) is 0 Å². The van der Waals surface area contributed by atoms with Gasteiger partial charge in [-0.1, -0.05) is 59.3 Å². The SMILES string of the molecule is CCCC(C)CC1(O)CCCC(CCC)CC1.